The molecular formula is C17H19N3O2. The third kappa shape index (κ3) is 3.04. The van der Waals surface area contributed by atoms with Crippen LogP contribution in [0.5, 0.6) is 0 Å². The molecule has 0 atom stereocenters. The number of carbonyl (C=O) groups is 1. The van der Waals surface area contributed by atoms with Crippen molar-refractivity contribution >= 4 is 17.4 Å². The van der Waals surface area contributed by atoms with E-state index in [0.717, 1.165) is 16.8 Å². The van der Waals surface area contributed by atoms with Crippen LogP contribution < -0.4 is 16.0 Å². The highest BCUT2D eigenvalue weighted by molar-refractivity contribution is 5.96. The van der Waals surface area contributed by atoms with E-state index >= 15 is 0 Å². The Bertz CT molecular complexity index is 658. The molecule has 0 saturated heterocycles. The molecule has 0 aromatic heterocycles. The van der Waals surface area contributed by atoms with Gasteiger partial charge in [-0.05, 0) is 17.7 Å². The topological polar surface area (TPSA) is 67.6 Å². The number of urea groups is 1. The fraction of sp³-hybridized carbons (Fsp3) is 0.235. The van der Waals surface area contributed by atoms with Crippen LogP contribution in [0.3, 0.4) is 0 Å². The van der Waals surface area contributed by atoms with Crippen LogP contribution in [0.15, 0.2) is 48.5 Å². The fourth-order valence-electron chi connectivity index (χ4n) is 2.55. The standard InChI is InChI=1S/C17H19N3O2/c18-15-7-4-8-16-14(15)11-19-17(21)20(16)9-10-22-12-13-5-2-1-3-6-13/h1-8H,9-12,18H2,(H,19,21). The van der Waals surface area contributed by atoms with Gasteiger partial charge in [-0.1, -0.05) is 36.4 Å². The second-order valence-corrected chi connectivity index (χ2v) is 5.19. The third-order valence-corrected chi connectivity index (χ3v) is 3.71. The van der Waals surface area contributed by atoms with Crippen LogP contribution in [0.4, 0.5) is 16.2 Å². The van der Waals surface area contributed by atoms with E-state index in [-0.39, 0.29) is 6.03 Å². The monoisotopic (exact) mass is 297 g/mol. The first-order chi connectivity index (χ1) is 10.8. The van der Waals surface area contributed by atoms with Gasteiger partial charge in [0.2, 0.25) is 0 Å². The molecule has 2 amide bonds. The molecule has 114 valence electrons. The van der Waals surface area contributed by atoms with Gasteiger partial charge in [-0.3, -0.25) is 4.90 Å². The van der Waals surface area contributed by atoms with Crippen LogP contribution in [0.1, 0.15) is 11.1 Å². The predicted octanol–water partition coefficient (Wildman–Crippen LogP) is 2.52. The molecule has 0 unspecified atom stereocenters. The number of nitrogens with one attached hydrogen (secondary N) is 1. The van der Waals surface area contributed by atoms with Crippen molar-refractivity contribution in [2.45, 2.75) is 13.2 Å². The van der Waals surface area contributed by atoms with Crippen LogP contribution in [0, 0.1) is 0 Å². The number of nitrogens with zero attached hydrogens (tertiary/aromatic N) is 1. The molecule has 3 N–H and O–H groups in total. The second-order valence-electron chi connectivity index (χ2n) is 5.19. The molecule has 3 rings (SSSR count). The van der Waals surface area contributed by atoms with E-state index in [2.05, 4.69) is 5.32 Å². The lowest BCUT2D eigenvalue weighted by atomic mass is 10.1. The highest BCUT2D eigenvalue weighted by Crippen LogP contribution is 2.28. The Kier molecular flexibility index (Phi) is 4.25. The Labute approximate surface area is 129 Å². The molecule has 1 heterocycles. The number of rotatable bonds is 5. The van der Waals surface area contributed by atoms with E-state index in [1.165, 1.54) is 0 Å². The summed E-state index contributed by atoms with van der Waals surface area (Å²) < 4.78 is 5.66. The van der Waals surface area contributed by atoms with E-state index in [4.69, 9.17) is 10.5 Å². The van der Waals surface area contributed by atoms with Crippen molar-refractivity contribution in [1.82, 2.24) is 5.32 Å². The van der Waals surface area contributed by atoms with Crippen molar-refractivity contribution in [2.24, 2.45) is 0 Å². The van der Waals surface area contributed by atoms with Gasteiger partial charge in [0.05, 0.1) is 25.4 Å². The molecule has 2 aromatic rings. The summed E-state index contributed by atoms with van der Waals surface area (Å²) in [5, 5.41) is 2.84. The van der Waals surface area contributed by atoms with E-state index in [1.54, 1.807) is 4.90 Å². The van der Waals surface area contributed by atoms with Crippen molar-refractivity contribution in [3.8, 4) is 0 Å². The summed E-state index contributed by atoms with van der Waals surface area (Å²) in [5.74, 6) is 0. The molecule has 0 aliphatic carbocycles. The van der Waals surface area contributed by atoms with Crippen LogP contribution in [0.2, 0.25) is 0 Å². The maximum absolute atomic E-state index is 12.1. The van der Waals surface area contributed by atoms with Gasteiger partial charge in [-0.25, -0.2) is 4.79 Å². The highest BCUT2D eigenvalue weighted by atomic mass is 16.5. The zero-order valence-electron chi connectivity index (χ0n) is 12.3. The zero-order valence-corrected chi connectivity index (χ0v) is 12.3. The lowest BCUT2D eigenvalue weighted by molar-refractivity contribution is 0.127. The number of carbonyl (C=O) groups excluding carboxylic acids is 1. The van der Waals surface area contributed by atoms with Crippen molar-refractivity contribution in [3.05, 3.63) is 59.7 Å². The first-order valence-corrected chi connectivity index (χ1v) is 7.30. The molecule has 0 fully saturated rings. The lowest BCUT2D eigenvalue weighted by Gasteiger charge is -2.30. The minimum atomic E-state index is -0.110. The fourth-order valence-corrected chi connectivity index (χ4v) is 2.55. The molecule has 1 aliphatic rings. The summed E-state index contributed by atoms with van der Waals surface area (Å²) in [6.45, 7) is 1.98. The Morgan fingerprint density at radius 3 is 2.77 bits per heavy atom. The lowest BCUT2D eigenvalue weighted by Crippen LogP contribution is -2.45. The smallest absolute Gasteiger partial charge is 0.322 e. The number of nitrogens with two attached hydrogens (primary N) is 1. The average molecular weight is 297 g/mol. The van der Waals surface area contributed by atoms with Crippen molar-refractivity contribution in [3.63, 3.8) is 0 Å². The summed E-state index contributed by atoms with van der Waals surface area (Å²) in [6.07, 6.45) is 0. The number of hydrogen-bond acceptors (Lipinski definition) is 3. The Balaban J connectivity index is 1.61. The van der Waals surface area contributed by atoms with Gasteiger partial charge in [-0.15, -0.1) is 0 Å². The van der Waals surface area contributed by atoms with Gasteiger partial charge in [0.1, 0.15) is 0 Å². The van der Waals surface area contributed by atoms with Crippen LogP contribution in [0.25, 0.3) is 0 Å². The quantitative estimate of drug-likeness (QED) is 0.658. The maximum atomic E-state index is 12.1. The van der Waals surface area contributed by atoms with Crippen LogP contribution >= 0.6 is 0 Å². The van der Waals surface area contributed by atoms with Crippen molar-refractivity contribution in [2.75, 3.05) is 23.8 Å². The van der Waals surface area contributed by atoms with Crippen LogP contribution in [-0.2, 0) is 17.9 Å². The second kappa shape index (κ2) is 6.49. The number of amides is 2. The van der Waals surface area contributed by atoms with Crippen molar-refractivity contribution < 1.29 is 9.53 Å². The molecule has 22 heavy (non-hydrogen) atoms. The summed E-state index contributed by atoms with van der Waals surface area (Å²) in [4.78, 5) is 13.7. The maximum Gasteiger partial charge on any atom is 0.322 e. The number of fused-ring (bicyclic) bond motifs is 1. The minimum absolute atomic E-state index is 0.110. The van der Waals surface area contributed by atoms with E-state index < -0.39 is 0 Å². The highest BCUT2D eigenvalue weighted by Gasteiger charge is 2.24. The first kappa shape index (κ1) is 14.4. The van der Waals surface area contributed by atoms with E-state index in [1.807, 2.05) is 48.5 Å². The van der Waals surface area contributed by atoms with Gasteiger partial charge in [0.15, 0.2) is 0 Å². The minimum Gasteiger partial charge on any atom is -0.398 e. The SMILES string of the molecule is Nc1cccc2c1CNC(=O)N2CCOCc1ccccc1. The van der Waals surface area contributed by atoms with E-state index in [0.29, 0.717) is 32.0 Å². The Morgan fingerprint density at radius 1 is 1.14 bits per heavy atom. The van der Waals surface area contributed by atoms with Crippen molar-refractivity contribution in [1.29, 1.82) is 0 Å². The number of hydrogen-bond donors (Lipinski definition) is 2. The Morgan fingerprint density at radius 2 is 1.95 bits per heavy atom. The summed E-state index contributed by atoms with van der Waals surface area (Å²) in [6, 6.07) is 15.5. The number of benzene rings is 2. The van der Waals surface area contributed by atoms with Gasteiger partial charge in [0, 0.05) is 17.8 Å². The van der Waals surface area contributed by atoms with Gasteiger partial charge in [-0.2, -0.15) is 0 Å². The molecule has 1 aliphatic heterocycles. The summed E-state index contributed by atoms with van der Waals surface area (Å²) >= 11 is 0. The van der Waals surface area contributed by atoms with Gasteiger partial charge in [0.25, 0.3) is 0 Å². The van der Waals surface area contributed by atoms with Crippen LogP contribution in [-0.4, -0.2) is 19.2 Å². The largest absolute Gasteiger partial charge is 0.398 e. The number of ether oxygens (including phenoxy) is 1. The number of nitrogen functional groups attached to an aromatic ring is 1. The molecule has 5 heteroatoms. The Hall–Kier alpha value is -2.53. The molecule has 2 aromatic carbocycles. The zero-order chi connectivity index (χ0) is 15.4. The molecule has 0 saturated carbocycles. The molecule has 0 spiro atoms. The summed E-state index contributed by atoms with van der Waals surface area (Å²) in [5.41, 5.74) is 9.62. The summed E-state index contributed by atoms with van der Waals surface area (Å²) in [7, 11) is 0. The molecule has 5 nitrogen and oxygen atoms in total. The molecule has 0 bridgehead atoms. The van der Waals surface area contributed by atoms with Gasteiger partial charge >= 0.3 is 6.03 Å². The molecule has 0 radical (unpaired) electrons. The van der Waals surface area contributed by atoms with E-state index in [9.17, 15) is 4.79 Å². The average Bonchev–Trinajstić information content (AvgIpc) is 2.54. The third-order valence-electron chi connectivity index (χ3n) is 3.71. The number of anilines is 2. The molecular weight excluding hydrogens is 278 g/mol. The predicted molar refractivity (Wildman–Crippen MR) is 86.5 cm³/mol. The first-order valence-electron chi connectivity index (χ1n) is 7.30. The van der Waals surface area contributed by atoms with Gasteiger partial charge < -0.3 is 15.8 Å². The normalized spacial score (nSPS) is 13.6.